The van der Waals surface area contributed by atoms with E-state index in [1.165, 1.54) is 5.56 Å². The highest BCUT2D eigenvalue weighted by Gasteiger charge is 1.89. The fraction of sp³-hybridized carbons (Fsp3) is 0.300. The van der Waals surface area contributed by atoms with E-state index >= 15 is 0 Å². The Kier molecular flexibility index (Phi) is 2.86. The van der Waals surface area contributed by atoms with Crippen LogP contribution in [0.15, 0.2) is 36.1 Å². The Bertz CT molecular complexity index is 334. The summed E-state index contributed by atoms with van der Waals surface area (Å²) >= 11 is 0. The van der Waals surface area contributed by atoms with Gasteiger partial charge in [-0.25, -0.2) is 4.99 Å². The predicted octanol–water partition coefficient (Wildman–Crippen LogP) is 1.63. The van der Waals surface area contributed by atoms with Crippen molar-refractivity contribution in [2.24, 2.45) is 12.0 Å². The molecule has 0 saturated carbocycles. The van der Waals surface area contributed by atoms with Gasteiger partial charge in [0, 0.05) is 19.4 Å². The van der Waals surface area contributed by atoms with Crippen LogP contribution in [0.4, 0.5) is 0 Å². The summed E-state index contributed by atoms with van der Waals surface area (Å²) in [6.45, 7) is 5.70. The third-order valence-electron chi connectivity index (χ3n) is 1.82. The van der Waals surface area contributed by atoms with Gasteiger partial charge in [0.2, 0.25) is 0 Å². The van der Waals surface area contributed by atoms with Gasteiger partial charge in [0.25, 0.3) is 0 Å². The molecule has 0 aliphatic rings. The topological polar surface area (TPSA) is 17.3 Å². The fourth-order valence-electron chi connectivity index (χ4n) is 1.04. The SMILES string of the molecule is C=CN=c1cc(CC)ccn1C. The second-order valence-electron chi connectivity index (χ2n) is 2.67. The molecule has 0 aliphatic heterocycles. The summed E-state index contributed by atoms with van der Waals surface area (Å²) in [5.74, 6) is 0. The molecule has 0 radical (unpaired) electrons. The van der Waals surface area contributed by atoms with E-state index in [9.17, 15) is 0 Å². The first kappa shape index (κ1) is 8.78. The third kappa shape index (κ3) is 1.84. The van der Waals surface area contributed by atoms with Crippen molar-refractivity contribution >= 4 is 0 Å². The molecule has 1 rings (SSSR count). The van der Waals surface area contributed by atoms with E-state index < -0.39 is 0 Å². The van der Waals surface area contributed by atoms with Crippen LogP contribution in [0.25, 0.3) is 0 Å². The Labute approximate surface area is 72.9 Å². The lowest BCUT2D eigenvalue weighted by Gasteiger charge is -2.00. The molecule has 0 atom stereocenters. The molecule has 0 spiro atoms. The van der Waals surface area contributed by atoms with Crippen LogP contribution in [0.1, 0.15) is 12.5 Å². The van der Waals surface area contributed by atoms with E-state index in [4.69, 9.17) is 0 Å². The van der Waals surface area contributed by atoms with Crippen LogP contribution >= 0.6 is 0 Å². The lowest BCUT2D eigenvalue weighted by molar-refractivity contribution is 0.825. The fourth-order valence-corrected chi connectivity index (χ4v) is 1.04. The second kappa shape index (κ2) is 3.90. The van der Waals surface area contributed by atoms with Crippen LogP contribution < -0.4 is 5.49 Å². The zero-order valence-corrected chi connectivity index (χ0v) is 7.62. The summed E-state index contributed by atoms with van der Waals surface area (Å²) in [6, 6.07) is 4.17. The molecule has 0 fully saturated rings. The van der Waals surface area contributed by atoms with Crippen molar-refractivity contribution in [1.29, 1.82) is 0 Å². The normalized spacial score (nSPS) is 11.7. The summed E-state index contributed by atoms with van der Waals surface area (Å²) in [5, 5.41) is 0. The zero-order chi connectivity index (χ0) is 8.97. The average Bonchev–Trinajstić information content (AvgIpc) is 2.09. The van der Waals surface area contributed by atoms with Crippen molar-refractivity contribution in [2.75, 3.05) is 0 Å². The van der Waals surface area contributed by atoms with E-state index in [1.54, 1.807) is 6.20 Å². The first-order valence-corrected chi connectivity index (χ1v) is 4.08. The highest BCUT2D eigenvalue weighted by Crippen LogP contribution is 1.93. The van der Waals surface area contributed by atoms with Crippen LogP contribution in [0.2, 0.25) is 0 Å². The Balaban J connectivity index is 3.26. The molecule has 0 aromatic carbocycles. The van der Waals surface area contributed by atoms with Crippen molar-refractivity contribution in [3.63, 3.8) is 0 Å². The molecule has 0 N–H and O–H groups in total. The summed E-state index contributed by atoms with van der Waals surface area (Å²) < 4.78 is 1.97. The first-order chi connectivity index (χ1) is 5.77. The van der Waals surface area contributed by atoms with E-state index in [2.05, 4.69) is 30.6 Å². The maximum Gasteiger partial charge on any atom is 0.132 e. The molecule has 1 aromatic rings. The van der Waals surface area contributed by atoms with Crippen molar-refractivity contribution in [1.82, 2.24) is 4.57 Å². The van der Waals surface area contributed by atoms with Gasteiger partial charge in [-0.2, -0.15) is 0 Å². The van der Waals surface area contributed by atoms with E-state index in [0.29, 0.717) is 0 Å². The molecule has 0 unspecified atom stereocenters. The Morgan fingerprint density at radius 1 is 1.67 bits per heavy atom. The smallest absolute Gasteiger partial charge is 0.132 e. The van der Waals surface area contributed by atoms with Crippen LogP contribution in [0, 0.1) is 0 Å². The molecular weight excluding hydrogens is 148 g/mol. The van der Waals surface area contributed by atoms with Gasteiger partial charge >= 0.3 is 0 Å². The van der Waals surface area contributed by atoms with Crippen molar-refractivity contribution in [2.45, 2.75) is 13.3 Å². The number of rotatable bonds is 2. The predicted molar refractivity (Wildman–Crippen MR) is 50.6 cm³/mol. The molecule has 64 valence electrons. The Morgan fingerprint density at radius 2 is 2.42 bits per heavy atom. The van der Waals surface area contributed by atoms with Gasteiger partial charge in [0.05, 0.1) is 0 Å². The molecule has 1 aromatic heterocycles. The molecule has 0 bridgehead atoms. The molecule has 12 heavy (non-hydrogen) atoms. The number of aromatic nitrogens is 1. The lowest BCUT2D eigenvalue weighted by atomic mass is 10.2. The number of aryl methyl sites for hydroxylation is 2. The van der Waals surface area contributed by atoms with E-state index in [0.717, 1.165) is 11.9 Å². The van der Waals surface area contributed by atoms with Crippen molar-refractivity contribution in [3.05, 3.63) is 42.2 Å². The minimum Gasteiger partial charge on any atom is -0.336 e. The lowest BCUT2D eigenvalue weighted by Crippen LogP contribution is -2.16. The standard InChI is InChI=1S/C10H14N2/c1-4-9-6-7-12(3)10(8-9)11-5-2/h5-8H,2,4H2,1,3H3. The Morgan fingerprint density at radius 3 is 3.00 bits per heavy atom. The molecule has 2 nitrogen and oxygen atoms in total. The minimum absolute atomic E-state index is 0.948. The molecule has 0 aliphatic carbocycles. The molecule has 0 amide bonds. The van der Waals surface area contributed by atoms with Gasteiger partial charge in [-0.05, 0) is 24.1 Å². The van der Waals surface area contributed by atoms with Crippen LogP contribution in [0.3, 0.4) is 0 Å². The third-order valence-corrected chi connectivity index (χ3v) is 1.82. The van der Waals surface area contributed by atoms with Gasteiger partial charge in [0.1, 0.15) is 5.49 Å². The van der Waals surface area contributed by atoms with Gasteiger partial charge in [-0.3, -0.25) is 0 Å². The number of hydrogen-bond donors (Lipinski definition) is 0. The molecular formula is C10H14N2. The van der Waals surface area contributed by atoms with Gasteiger partial charge in [-0.1, -0.05) is 13.5 Å². The summed E-state index contributed by atoms with van der Waals surface area (Å²) in [5.41, 5.74) is 2.25. The highest BCUT2D eigenvalue weighted by atomic mass is 15.0. The summed E-state index contributed by atoms with van der Waals surface area (Å²) in [6.07, 6.45) is 4.62. The zero-order valence-electron chi connectivity index (χ0n) is 7.62. The maximum absolute atomic E-state index is 4.14. The van der Waals surface area contributed by atoms with Gasteiger partial charge in [-0.15, -0.1) is 0 Å². The van der Waals surface area contributed by atoms with Crippen LogP contribution in [-0.4, -0.2) is 4.57 Å². The quantitative estimate of drug-likeness (QED) is 0.629. The summed E-state index contributed by atoms with van der Waals surface area (Å²) in [4.78, 5) is 4.14. The van der Waals surface area contributed by atoms with Crippen molar-refractivity contribution < 1.29 is 0 Å². The van der Waals surface area contributed by atoms with Crippen LogP contribution in [-0.2, 0) is 13.5 Å². The second-order valence-corrected chi connectivity index (χ2v) is 2.67. The monoisotopic (exact) mass is 162 g/mol. The first-order valence-electron chi connectivity index (χ1n) is 4.08. The number of hydrogen-bond acceptors (Lipinski definition) is 1. The average molecular weight is 162 g/mol. The number of pyridine rings is 1. The summed E-state index contributed by atoms with van der Waals surface area (Å²) in [7, 11) is 1.97. The molecule has 1 heterocycles. The molecule has 0 saturated heterocycles. The van der Waals surface area contributed by atoms with E-state index in [1.807, 2.05) is 17.8 Å². The maximum atomic E-state index is 4.14. The molecule has 2 heteroatoms. The van der Waals surface area contributed by atoms with Gasteiger partial charge < -0.3 is 4.57 Å². The Hall–Kier alpha value is -1.31. The van der Waals surface area contributed by atoms with Crippen molar-refractivity contribution in [3.8, 4) is 0 Å². The van der Waals surface area contributed by atoms with E-state index in [-0.39, 0.29) is 0 Å². The highest BCUT2D eigenvalue weighted by molar-refractivity contribution is 5.10. The minimum atomic E-state index is 0.948. The number of nitrogens with zero attached hydrogens (tertiary/aromatic N) is 2. The largest absolute Gasteiger partial charge is 0.336 e. The van der Waals surface area contributed by atoms with Gasteiger partial charge in [0.15, 0.2) is 0 Å². The van der Waals surface area contributed by atoms with Crippen LogP contribution in [0.5, 0.6) is 0 Å².